The summed E-state index contributed by atoms with van der Waals surface area (Å²) in [6, 6.07) is 8.16. The largest absolute Gasteiger partial charge is 0.494 e. The molecular formula is C15H20O2. The van der Waals surface area contributed by atoms with Gasteiger partial charge in [-0.2, -0.15) is 0 Å². The minimum Gasteiger partial charge on any atom is -0.494 e. The van der Waals surface area contributed by atoms with E-state index in [0.717, 1.165) is 12.2 Å². The average molecular weight is 232 g/mol. The van der Waals surface area contributed by atoms with Crippen molar-refractivity contribution in [2.75, 3.05) is 6.61 Å². The van der Waals surface area contributed by atoms with E-state index in [1.54, 1.807) is 0 Å². The van der Waals surface area contributed by atoms with Crippen LogP contribution in [0.15, 0.2) is 24.3 Å². The Morgan fingerprint density at radius 1 is 1.41 bits per heavy atom. The maximum absolute atomic E-state index is 11.7. The number of Topliss-reactive ketones (excluding diaryl/α,β-unsaturated/α-hetero) is 1. The van der Waals surface area contributed by atoms with E-state index >= 15 is 0 Å². The molecule has 0 amide bonds. The molecule has 2 atom stereocenters. The number of carbonyl (C=O) groups excluding carboxylic acids is 1. The Bertz CT molecular complexity index is 425. The molecule has 0 heterocycles. The molecule has 92 valence electrons. The first-order valence-electron chi connectivity index (χ1n) is 6.38. The van der Waals surface area contributed by atoms with Crippen LogP contribution in [0.1, 0.15) is 45.1 Å². The molecule has 0 spiro atoms. The van der Waals surface area contributed by atoms with Gasteiger partial charge in [0.1, 0.15) is 11.5 Å². The fourth-order valence-electron chi connectivity index (χ4n) is 2.62. The zero-order chi connectivity index (χ0) is 12.5. The van der Waals surface area contributed by atoms with Gasteiger partial charge in [0.25, 0.3) is 0 Å². The summed E-state index contributed by atoms with van der Waals surface area (Å²) in [5, 5.41) is 0. The molecule has 1 aliphatic carbocycles. The standard InChI is InChI=1S/C15H20O2/c1-4-15(3)13(10-14(15)16)11-7-6-8-12(9-11)17-5-2/h6-9,13H,4-5,10H2,1-3H3. The van der Waals surface area contributed by atoms with Crippen LogP contribution in [0.5, 0.6) is 5.75 Å². The fraction of sp³-hybridized carbons (Fsp3) is 0.533. The van der Waals surface area contributed by atoms with Gasteiger partial charge >= 0.3 is 0 Å². The Morgan fingerprint density at radius 2 is 2.18 bits per heavy atom. The third kappa shape index (κ3) is 1.97. The maximum atomic E-state index is 11.7. The monoisotopic (exact) mass is 232 g/mol. The van der Waals surface area contributed by atoms with Gasteiger partial charge in [0, 0.05) is 17.8 Å². The Kier molecular flexibility index (Phi) is 3.23. The van der Waals surface area contributed by atoms with Gasteiger partial charge < -0.3 is 4.74 Å². The number of benzene rings is 1. The molecule has 2 nitrogen and oxygen atoms in total. The molecule has 0 aromatic heterocycles. The Balaban J connectivity index is 2.23. The molecule has 0 N–H and O–H groups in total. The van der Waals surface area contributed by atoms with Gasteiger partial charge in [-0.05, 0) is 31.0 Å². The minimum atomic E-state index is -0.162. The smallest absolute Gasteiger partial charge is 0.140 e. The molecule has 0 aliphatic heterocycles. The van der Waals surface area contributed by atoms with Gasteiger partial charge in [-0.25, -0.2) is 0 Å². The highest BCUT2D eigenvalue weighted by Crippen LogP contribution is 2.52. The van der Waals surface area contributed by atoms with Crippen LogP contribution in [0.2, 0.25) is 0 Å². The summed E-state index contributed by atoms with van der Waals surface area (Å²) in [5.74, 6) is 1.66. The molecule has 1 fully saturated rings. The van der Waals surface area contributed by atoms with Gasteiger partial charge in [-0.15, -0.1) is 0 Å². The van der Waals surface area contributed by atoms with Crippen molar-refractivity contribution >= 4 is 5.78 Å². The van der Waals surface area contributed by atoms with Crippen LogP contribution < -0.4 is 4.74 Å². The second-order valence-corrected chi connectivity index (χ2v) is 4.96. The van der Waals surface area contributed by atoms with Gasteiger partial charge in [-0.3, -0.25) is 4.79 Å². The normalized spacial score (nSPS) is 27.7. The highest BCUT2D eigenvalue weighted by atomic mass is 16.5. The number of carbonyl (C=O) groups is 1. The zero-order valence-electron chi connectivity index (χ0n) is 10.8. The molecule has 1 saturated carbocycles. The van der Waals surface area contributed by atoms with Gasteiger partial charge in [0.2, 0.25) is 0 Å². The van der Waals surface area contributed by atoms with Gasteiger partial charge in [0.05, 0.1) is 6.61 Å². The van der Waals surface area contributed by atoms with E-state index in [9.17, 15) is 4.79 Å². The Hall–Kier alpha value is -1.31. The van der Waals surface area contributed by atoms with E-state index in [2.05, 4.69) is 26.0 Å². The number of ketones is 1. The molecule has 2 unspecified atom stereocenters. The summed E-state index contributed by atoms with van der Waals surface area (Å²) in [4.78, 5) is 11.7. The Morgan fingerprint density at radius 3 is 2.76 bits per heavy atom. The van der Waals surface area contributed by atoms with E-state index in [0.29, 0.717) is 24.7 Å². The third-order valence-electron chi connectivity index (χ3n) is 4.10. The molecule has 1 aromatic rings. The van der Waals surface area contributed by atoms with E-state index < -0.39 is 0 Å². The van der Waals surface area contributed by atoms with Crippen LogP contribution >= 0.6 is 0 Å². The van der Waals surface area contributed by atoms with Crippen molar-refractivity contribution in [3.63, 3.8) is 0 Å². The summed E-state index contributed by atoms with van der Waals surface area (Å²) in [6.45, 7) is 6.83. The maximum Gasteiger partial charge on any atom is 0.140 e. The third-order valence-corrected chi connectivity index (χ3v) is 4.10. The highest BCUT2D eigenvalue weighted by Gasteiger charge is 2.50. The van der Waals surface area contributed by atoms with Crippen LogP contribution in [-0.2, 0) is 4.79 Å². The first-order valence-corrected chi connectivity index (χ1v) is 6.38. The predicted octanol–water partition coefficient (Wildman–Crippen LogP) is 3.56. The summed E-state index contributed by atoms with van der Waals surface area (Å²) in [6.07, 6.45) is 1.59. The van der Waals surface area contributed by atoms with Crippen molar-refractivity contribution in [1.29, 1.82) is 0 Å². The molecule has 0 saturated heterocycles. The van der Waals surface area contributed by atoms with Crippen LogP contribution in [0.25, 0.3) is 0 Å². The summed E-state index contributed by atoms with van der Waals surface area (Å²) in [5.41, 5.74) is 1.07. The first-order chi connectivity index (χ1) is 8.11. The van der Waals surface area contributed by atoms with Gasteiger partial charge in [0.15, 0.2) is 0 Å². The molecule has 0 bridgehead atoms. The van der Waals surface area contributed by atoms with Crippen LogP contribution in [-0.4, -0.2) is 12.4 Å². The second kappa shape index (κ2) is 4.52. The highest BCUT2D eigenvalue weighted by molar-refractivity contribution is 5.93. The number of hydrogen-bond acceptors (Lipinski definition) is 2. The first kappa shape index (κ1) is 12.2. The molecule has 2 heteroatoms. The lowest BCUT2D eigenvalue weighted by Crippen LogP contribution is -2.45. The predicted molar refractivity (Wildman–Crippen MR) is 68.4 cm³/mol. The van der Waals surface area contributed by atoms with E-state index in [4.69, 9.17) is 4.74 Å². The molecule has 1 aromatic carbocycles. The average Bonchev–Trinajstić information content (AvgIpc) is 2.35. The van der Waals surface area contributed by atoms with Crippen molar-refractivity contribution in [2.45, 2.75) is 39.5 Å². The van der Waals surface area contributed by atoms with E-state index in [1.807, 2.05) is 19.1 Å². The van der Waals surface area contributed by atoms with Crippen molar-refractivity contribution < 1.29 is 9.53 Å². The number of hydrogen-bond donors (Lipinski definition) is 0. The number of rotatable bonds is 4. The minimum absolute atomic E-state index is 0.162. The van der Waals surface area contributed by atoms with Crippen molar-refractivity contribution in [3.8, 4) is 5.75 Å². The summed E-state index contributed by atoms with van der Waals surface area (Å²) in [7, 11) is 0. The van der Waals surface area contributed by atoms with Crippen molar-refractivity contribution in [2.24, 2.45) is 5.41 Å². The second-order valence-electron chi connectivity index (χ2n) is 4.96. The zero-order valence-corrected chi connectivity index (χ0v) is 10.8. The lowest BCUT2D eigenvalue weighted by molar-refractivity contribution is -0.139. The van der Waals surface area contributed by atoms with Crippen molar-refractivity contribution in [3.05, 3.63) is 29.8 Å². The lowest BCUT2D eigenvalue weighted by Gasteiger charge is -2.45. The van der Waals surface area contributed by atoms with Crippen LogP contribution in [0.3, 0.4) is 0 Å². The fourth-order valence-corrected chi connectivity index (χ4v) is 2.62. The Labute approximate surface area is 103 Å². The van der Waals surface area contributed by atoms with E-state index in [1.165, 1.54) is 5.56 Å². The molecule has 2 rings (SSSR count). The topological polar surface area (TPSA) is 26.3 Å². The van der Waals surface area contributed by atoms with Crippen LogP contribution in [0, 0.1) is 5.41 Å². The summed E-state index contributed by atoms with van der Waals surface area (Å²) >= 11 is 0. The quantitative estimate of drug-likeness (QED) is 0.793. The summed E-state index contributed by atoms with van der Waals surface area (Å²) < 4.78 is 5.51. The molecule has 0 radical (unpaired) electrons. The van der Waals surface area contributed by atoms with Crippen molar-refractivity contribution in [1.82, 2.24) is 0 Å². The number of ether oxygens (including phenoxy) is 1. The van der Waals surface area contributed by atoms with Crippen LogP contribution in [0.4, 0.5) is 0 Å². The van der Waals surface area contributed by atoms with Gasteiger partial charge in [-0.1, -0.05) is 26.0 Å². The molecule has 17 heavy (non-hydrogen) atoms. The lowest BCUT2D eigenvalue weighted by atomic mass is 9.56. The molecule has 1 aliphatic rings. The SMILES string of the molecule is CCOc1cccc(C2CC(=O)C2(C)CC)c1. The molecular weight excluding hydrogens is 212 g/mol. The van der Waals surface area contributed by atoms with E-state index in [-0.39, 0.29) is 5.41 Å².